The lowest BCUT2D eigenvalue weighted by Gasteiger charge is -2.09. The first-order valence-electron chi connectivity index (χ1n) is 7.13. The van der Waals surface area contributed by atoms with Crippen molar-refractivity contribution in [2.75, 3.05) is 0 Å². The third kappa shape index (κ3) is 3.57. The second kappa shape index (κ2) is 6.48. The topological polar surface area (TPSA) is 64.9 Å². The third-order valence-electron chi connectivity index (χ3n) is 3.50. The van der Waals surface area contributed by atoms with Crippen LogP contribution in [-0.2, 0) is 6.42 Å². The molecule has 3 aromatic rings. The van der Waals surface area contributed by atoms with Crippen LogP contribution in [0.2, 0.25) is 5.02 Å². The van der Waals surface area contributed by atoms with E-state index in [1.807, 2.05) is 24.3 Å². The molecule has 0 radical (unpaired) electrons. The number of benzene rings is 2. The molecule has 1 heterocycles. The summed E-state index contributed by atoms with van der Waals surface area (Å²) < 4.78 is 18.4. The Kier molecular flexibility index (Phi) is 4.41. The summed E-state index contributed by atoms with van der Waals surface area (Å²) in [4.78, 5) is 4.15. The Bertz CT molecular complexity index is 834. The van der Waals surface area contributed by atoms with Gasteiger partial charge in [-0.15, -0.1) is 0 Å². The van der Waals surface area contributed by atoms with Crippen molar-refractivity contribution in [2.24, 2.45) is 5.73 Å². The average Bonchev–Trinajstić information content (AvgIpc) is 2.97. The molecule has 0 bridgehead atoms. The van der Waals surface area contributed by atoms with E-state index in [-0.39, 0.29) is 11.1 Å². The van der Waals surface area contributed by atoms with Gasteiger partial charge in [0.25, 0.3) is 0 Å². The van der Waals surface area contributed by atoms with Crippen molar-refractivity contribution in [3.05, 3.63) is 70.6 Å². The summed E-state index contributed by atoms with van der Waals surface area (Å²) in [5.41, 5.74) is 8.92. The van der Waals surface area contributed by atoms with Gasteiger partial charge in [0.15, 0.2) is 5.82 Å². The lowest BCUT2D eigenvalue weighted by Crippen LogP contribution is -2.13. The molecule has 23 heavy (non-hydrogen) atoms. The average molecular weight is 332 g/mol. The Hall–Kier alpha value is -2.24. The van der Waals surface area contributed by atoms with E-state index < -0.39 is 5.82 Å². The van der Waals surface area contributed by atoms with Crippen LogP contribution in [0.3, 0.4) is 0 Å². The summed E-state index contributed by atoms with van der Waals surface area (Å²) in [5, 5.41) is 3.85. The van der Waals surface area contributed by atoms with E-state index in [1.165, 1.54) is 6.07 Å². The van der Waals surface area contributed by atoms with Crippen LogP contribution in [0.1, 0.15) is 23.3 Å². The van der Waals surface area contributed by atoms with Crippen LogP contribution < -0.4 is 5.73 Å². The summed E-state index contributed by atoms with van der Waals surface area (Å²) >= 11 is 5.85. The second-order valence-corrected chi connectivity index (χ2v) is 5.73. The molecule has 4 nitrogen and oxygen atoms in total. The van der Waals surface area contributed by atoms with Crippen LogP contribution in [0.4, 0.5) is 4.39 Å². The SMILES string of the molecule is Cc1noc(C(N)Cc2cccc(-c3ccc(F)c(Cl)c3)c2)n1. The van der Waals surface area contributed by atoms with Crippen LogP contribution in [0.15, 0.2) is 47.0 Å². The highest BCUT2D eigenvalue weighted by Crippen LogP contribution is 2.26. The number of rotatable bonds is 4. The minimum atomic E-state index is -0.430. The Morgan fingerprint density at radius 1 is 1.22 bits per heavy atom. The summed E-state index contributed by atoms with van der Waals surface area (Å²) in [6, 6.07) is 12.1. The fourth-order valence-electron chi connectivity index (χ4n) is 2.36. The van der Waals surface area contributed by atoms with Gasteiger partial charge in [0.1, 0.15) is 5.82 Å². The molecule has 6 heteroatoms. The number of halogens is 2. The molecule has 0 spiro atoms. The van der Waals surface area contributed by atoms with Gasteiger partial charge in [-0.1, -0.05) is 47.1 Å². The Morgan fingerprint density at radius 3 is 2.70 bits per heavy atom. The number of aromatic nitrogens is 2. The quantitative estimate of drug-likeness (QED) is 0.782. The fraction of sp³-hybridized carbons (Fsp3) is 0.176. The molecule has 1 aromatic heterocycles. The summed E-state index contributed by atoms with van der Waals surface area (Å²) in [6.45, 7) is 1.75. The number of nitrogens with zero attached hydrogens (tertiary/aromatic N) is 2. The number of aryl methyl sites for hydroxylation is 1. The summed E-state index contributed by atoms with van der Waals surface area (Å²) in [5.74, 6) is 0.545. The lowest BCUT2D eigenvalue weighted by molar-refractivity contribution is 0.351. The van der Waals surface area contributed by atoms with E-state index >= 15 is 0 Å². The third-order valence-corrected chi connectivity index (χ3v) is 3.79. The van der Waals surface area contributed by atoms with E-state index in [0.29, 0.717) is 18.1 Å². The molecule has 3 rings (SSSR count). The molecule has 0 fully saturated rings. The summed E-state index contributed by atoms with van der Waals surface area (Å²) in [7, 11) is 0. The minimum absolute atomic E-state index is 0.103. The molecule has 0 saturated carbocycles. The lowest BCUT2D eigenvalue weighted by atomic mass is 9.99. The standard InChI is InChI=1S/C17H15ClFN3O/c1-10-21-17(23-22-10)16(20)8-11-3-2-4-12(7-11)13-5-6-15(19)14(18)9-13/h2-7,9,16H,8,20H2,1H3. The zero-order valence-corrected chi connectivity index (χ0v) is 13.2. The molecule has 0 aliphatic rings. The van der Waals surface area contributed by atoms with Gasteiger partial charge < -0.3 is 10.3 Å². The molecule has 0 aliphatic carbocycles. The molecule has 0 saturated heterocycles. The van der Waals surface area contributed by atoms with Crippen LogP contribution in [-0.4, -0.2) is 10.1 Å². The highest BCUT2D eigenvalue weighted by Gasteiger charge is 2.14. The van der Waals surface area contributed by atoms with Gasteiger partial charge in [-0.3, -0.25) is 0 Å². The van der Waals surface area contributed by atoms with Crippen molar-refractivity contribution >= 4 is 11.6 Å². The monoisotopic (exact) mass is 331 g/mol. The van der Waals surface area contributed by atoms with Crippen molar-refractivity contribution in [3.8, 4) is 11.1 Å². The van der Waals surface area contributed by atoms with Crippen LogP contribution in [0.25, 0.3) is 11.1 Å². The Balaban J connectivity index is 1.83. The number of nitrogens with two attached hydrogens (primary N) is 1. The van der Waals surface area contributed by atoms with E-state index in [9.17, 15) is 4.39 Å². The second-order valence-electron chi connectivity index (χ2n) is 5.32. The van der Waals surface area contributed by atoms with E-state index in [1.54, 1.807) is 19.1 Å². The van der Waals surface area contributed by atoms with Crippen molar-refractivity contribution in [2.45, 2.75) is 19.4 Å². The van der Waals surface area contributed by atoms with Gasteiger partial charge in [0.2, 0.25) is 5.89 Å². The predicted octanol–water partition coefficient (Wildman–Crippen LogP) is 4.08. The Labute approximate surface area is 138 Å². The molecule has 2 N–H and O–H groups in total. The van der Waals surface area contributed by atoms with Crippen molar-refractivity contribution in [1.29, 1.82) is 0 Å². The minimum Gasteiger partial charge on any atom is -0.338 e. The van der Waals surface area contributed by atoms with Gasteiger partial charge in [0, 0.05) is 0 Å². The van der Waals surface area contributed by atoms with Crippen molar-refractivity contribution < 1.29 is 8.91 Å². The molecule has 0 amide bonds. The first kappa shape index (κ1) is 15.6. The van der Waals surface area contributed by atoms with E-state index in [4.69, 9.17) is 21.9 Å². The molecule has 1 unspecified atom stereocenters. The van der Waals surface area contributed by atoms with Crippen LogP contribution in [0, 0.1) is 12.7 Å². The van der Waals surface area contributed by atoms with Gasteiger partial charge in [0.05, 0.1) is 11.1 Å². The van der Waals surface area contributed by atoms with Gasteiger partial charge in [-0.25, -0.2) is 4.39 Å². The number of hydrogen-bond acceptors (Lipinski definition) is 4. The first-order chi connectivity index (χ1) is 11.0. The van der Waals surface area contributed by atoms with E-state index in [0.717, 1.165) is 16.7 Å². The molecule has 0 aliphatic heterocycles. The summed E-state index contributed by atoms with van der Waals surface area (Å²) in [6.07, 6.45) is 0.560. The zero-order valence-electron chi connectivity index (χ0n) is 12.5. The molecule has 1 atom stereocenters. The van der Waals surface area contributed by atoms with Gasteiger partial charge >= 0.3 is 0 Å². The largest absolute Gasteiger partial charge is 0.338 e. The fourth-order valence-corrected chi connectivity index (χ4v) is 2.54. The first-order valence-corrected chi connectivity index (χ1v) is 7.51. The maximum absolute atomic E-state index is 13.3. The normalized spacial score (nSPS) is 12.3. The molecular formula is C17H15ClFN3O. The molecule has 118 valence electrons. The maximum Gasteiger partial charge on any atom is 0.243 e. The molecule has 2 aromatic carbocycles. The number of hydrogen-bond donors (Lipinski definition) is 1. The van der Waals surface area contributed by atoms with Crippen molar-refractivity contribution in [3.63, 3.8) is 0 Å². The van der Waals surface area contributed by atoms with Crippen molar-refractivity contribution in [1.82, 2.24) is 10.1 Å². The highest BCUT2D eigenvalue weighted by molar-refractivity contribution is 6.31. The Morgan fingerprint density at radius 2 is 2.00 bits per heavy atom. The molecular weight excluding hydrogens is 317 g/mol. The zero-order chi connectivity index (χ0) is 16.4. The predicted molar refractivity (Wildman–Crippen MR) is 86.5 cm³/mol. The smallest absolute Gasteiger partial charge is 0.243 e. The van der Waals surface area contributed by atoms with Gasteiger partial charge in [-0.05, 0) is 42.2 Å². The maximum atomic E-state index is 13.3. The van der Waals surface area contributed by atoms with Crippen LogP contribution >= 0.6 is 11.6 Å². The highest BCUT2D eigenvalue weighted by atomic mass is 35.5. The van der Waals surface area contributed by atoms with Crippen LogP contribution in [0.5, 0.6) is 0 Å². The van der Waals surface area contributed by atoms with Gasteiger partial charge in [-0.2, -0.15) is 4.98 Å². The van der Waals surface area contributed by atoms with E-state index in [2.05, 4.69) is 10.1 Å².